The third-order valence-electron chi connectivity index (χ3n) is 4.30. The summed E-state index contributed by atoms with van der Waals surface area (Å²) >= 11 is 0. The maximum atomic E-state index is 12.6. The summed E-state index contributed by atoms with van der Waals surface area (Å²) in [5, 5.41) is 3.02. The maximum absolute atomic E-state index is 12.6. The van der Waals surface area contributed by atoms with Gasteiger partial charge in [-0.25, -0.2) is 0 Å². The molecule has 120 valence electrons. The van der Waals surface area contributed by atoms with Crippen LogP contribution in [0.15, 0.2) is 24.3 Å². The van der Waals surface area contributed by atoms with E-state index in [1.54, 1.807) is 11.9 Å². The van der Waals surface area contributed by atoms with Gasteiger partial charge in [-0.05, 0) is 24.8 Å². The van der Waals surface area contributed by atoms with Gasteiger partial charge in [0.15, 0.2) is 0 Å². The predicted molar refractivity (Wildman–Crippen MR) is 87.3 cm³/mol. The van der Waals surface area contributed by atoms with Crippen molar-refractivity contribution in [3.8, 4) is 0 Å². The first-order chi connectivity index (χ1) is 10.4. The van der Waals surface area contributed by atoms with Crippen LogP contribution in [-0.4, -0.2) is 30.3 Å². The van der Waals surface area contributed by atoms with E-state index in [2.05, 4.69) is 19.2 Å². The normalized spacial score (nSPS) is 22.0. The van der Waals surface area contributed by atoms with Crippen LogP contribution in [0.3, 0.4) is 0 Å². The molecule has 4 heteroatoms. The average Bonchev–Trinajstić information content (AvgIpc) is 2.48. The molecule has 0 aliphatic carbocycles. The molecule has 2 amide bonds. The Morgan fingerprint density at radius 2 is 1.95 bits per heavy atom. The molecular formula is C18H26N2O2. The third kappa shape index (κ3) is 3.67. The van der Waals surface area contributed by atoms with Gasteiger partial charge in [0.1, 0.15) is 0 Å². The molecule has 2 rings (SSSR count). The first kappa shape index (κ1) is 16.5. The topological polar surface area (TPSA) is 49.4 Å². The molecular weight excluding hydrogens is 276 g/mol. The number of amides is 2. The summed E-state index contributed by atoms with van der Waals surface area (Å²) in [5.41, 5.74) is 2.21. The van der Waals surface area contributed by atoms with Gasteiger partial charge in [0.05, 0.1) is 12.0 Å². The number of benzene rings is 1. The molecule has 1 heterocycles. The Morgan fingerprint density at radius 1 is 1.32 bits per heavy atom. The van der Waals surface area contributed by atoms with Crippen molar-refractivity contribution in [1.82, 2.24) is 10.2 Å². The van der Waals surface area contributed by atoms with E-state index in [4.69, 9.17) is 0 Å². The standard InChI is InChI=1S/C18H26N2O2/c1-12(2)11-19-18(22)15-9-10-16(21)20(4)17(15)14-7-5-13(3)6-8-14/h5-8,12,15,17H,9-11H2,1-4H3,(H,19,22)/t15-,17-/m1/s1. The van der Waals surface area contributed by atoms with E-state index >= 15 is 0 Å². The molecule has 4 nitrogen and oxygen atoms in total. The largest absolute Gasteiger partial charge is 0.356 e. The van der Waals surface area contributed by atoms with Crippen molar-refractivity contribution in [2.45, 2.75) is 39.7 Å². The van der Waals surface area contributed by atoms with Crippen LogP contribution in [0.5, 0.6) is 0 Å². The zero-order chi connectivity index (χ0) is 16.3. The van der Waals surface area contributed by atoms with E-state index in [9.17, 15) is 9.59 Å². The molecule has 1 aliphatic heterocycles. The van der Waals surface area contributed by atoms with Gasteiger partial charge in [0.2, 0.25) is 11.8 Å². The number of hydrogen-bond acceptors (Lipinski definition) is 2. The van der Waals surface area contributed by atoms with Crippen molar-refractivity contribution in [2.24, 2.45) is 11.8 Å². The van der Waals surface area contributed by atoms with Gasteiger partial charge in [0, 0.05) is 20.0 Å². The molecule has 1 fully saturated rings. The minimum absolute atomic E-state index is 0.0543. The van der Waals surface area contributed by atoms with Gasteiger partial charge in [-0.3, -0.25) is 9.59 Å². The molecule has 0 aromatic heterocycles. The van der Waals surface area contributed by atoms with Gasteiger partial charge in [0.25, 0.3) is 0 Å². The predicted octanol–water partition coefficient (Wildman–Crippen LogP) is 2.68. The fourth-order valence-corrected chi connectivity index (χ4v) is 2.97. The van der Waals surface area contributed by atoms with E-state index in [0.717, 1.165) is 5.56 Å². The lowest BCUT2D eigenvalue weighted by molar-refractivity contribution is -0.141. The number of piperidine rings is 1. The van der Waals surface area contributed by atoms with Crippen LogP contribution >= 0.6 is 0 Å². The third-order valence-corrected chi connectivity index (χ3v) is 4.30. The summed E-state index contributed by atoms with van der Waals surface area (Å²) in [5.74, 6) is 0.408. The molecule has 1 N–H and O–H groups in total. The smallest absolute Gasteiger partial charge is 0.225 e. The Balaban J connectivity index is 2.24. The number of carbonyl (C=O) groups is 2. The zero-order valence-corrected chi connectivity index (χ0v) is 13.9. The lowest BCUT2D eigenvalue weighted by Gasteiger charge is -2.38. The van der Waals surface area contributed by atoms with Crippen LogP contribution < -0.4 is 5.32 Å². The molecule has 2 atom stereocenters. The molecule has 0 bridgehead atoms. The molecule has 1 aromatic rings. The molecule has 1 aliphatic rings. The van der Waals surface area contributed by atoms with Gasteiger partial charge in [-0.15, -0.1) is 0 Å². The van der Waals surface area contributed by atoms with Gasteiger partial charge < -0.3 is 10.2 Å². The molecule has 22 heavy (non-hydrogen) atoms. The Morgan fingerprint density at radius 3 is 2.55 bits per heavy atom. The minimum Gasteiger partial charge on any atom is -0.356 e. The highest BCUT2D eigenvalue weighted by Gasteiger charge is 2.38. The SMILES string of the molecule is Cc1ccc([C@@H]2[C@H](C(=O)NCC(C)C)CCC(=O)N2C)cc1. The summed E-state index contributed by atoms with van der Waals surface area (Å²) in [6.45, 7) is 6.86. The molecule has 1 aromatic carbocycles. The molecule has 1 saturated heterocycles. The zero-order valence-electron chi connectivity index (χ0n) is 13.9. The van der Waals surface area contributed by atoms with Crippen molar-refractivity contribution in [3.05, 3.63) is 35.4 Å². The Labute approximate surface area is 132 Å². The van der Waals surface area contributed by atoms with E-state index in [-0.39, 0.29) is 23.8 Å². The highest BCUT2D eigenvalue weighted by Crippen LogP contribution is 2.35. The van der Waals surface area contributed by atoms with Crippen LogP contribution in [0.1, 0.15) is 43.9 Å². The van der Waals surface area contributed by atoms with Crippen LogP contribution in [0.25, 0.3) is 0 Å². The van der Waals surface area contributed by atoms with E-state index in [1.165, 1.54) is 5.56 Å². The summed E-state index contributed by atoms with van der Waals surface area (Å²) in [6, 6.07) is 7.95. The number of likely N-dealkylation sites (tertiary alicyclic amines) is 1. The van der Waals surface area contributed by atoms with Crippen LogP contribution in [0, 0.1) is 18.8 Å². The lowest BCUT2D eigenvalue weighted by Crippen LogP contribution is -2.46. The summed E-state index contributed by atoms with van der Waals surface area (Å²) in [4.78, 5) is 26.4. The Hall–Kier alpha value is -1.84. The highest BCUT2D eigenvalue weighted by atomic mass is 16.2. The highest BCUT2D eigenvalue weighted by molar-refractivity contribution is 5.84. The van der Waals surface area contributed by atoms with Crippen molar-refractivity contribution in [3.63, 3.8) is 0 Å². The number of aryl methyl sites for hydroxylation is 1. The second kappa shape index (κ2) is 6.95. The molecule has 0 unspecified atom stereocenters. The maximum Gasteiger partial charge on any atom is 0.225 e. The molecule has 0 radical (unpaired) electrons. The van der Waals surface area contributed by atoms with E-state index in [1.807, 2.05) is 31.2 Å². The van der Waals surface area contributed by atoms with Crippen molar-refractivity contribution < 1.29 is 9.59 Å². The molecule has 0 spiro atoms. The number of nitrogens with zero attached hydrogens (tertiary/aromatic N) is 1. The quantitative estimate of drug-likeness (QED) is 0.929. The number of rotatable bonds is 4. The number of carbonyl (C=O) groups excluding carboxylic acids is 2. The first-order valence-electron chi connectivity index (χ1n) is 8.00. The average molecular weight is 302 g/mol. The summed E-state index contributed by atoms with van der Waals surface area (Å²) in [7, 11) is 1.80. The van der Waals surface area contributed by atoms with Gasteiger partial charge in [-0.2, -0.15) is 0 Å². The number of nitrogens with one attached hydrogen (secondary N) is 1. The van der Waals surface area contributed by atoms with Crippen LogP contribution in [0.2, 0.25) is 0 Å². The fraction of sp³-hybridized carbons (Fsp3) is 0.556. The van der Waals surface area contributed by atoms with E-state index < -0.39 is 0 Å². The van der Waals surface area contributed by atoms with Crippen molar-refractivity contribution in [1.29, 1.82) is 0 Å². The summed E-state index contributed by atoms with van der Waals surface area (Å²) < 4.78 is 0. The summed E-state index contributed by atoms with van der Waals surface area (Å²) in [6.07, 6.45) is 1.06. The van der Waals surface area contributed by atoms with Gasteiger partial charge in [-0.1, -0.05) is 43.7 Å². The van der Waals surface area contributed by atoms with E-state index in [0.29, 0.717) is 25.3 Å². The Bertz CT molecular complexity index is 537. The first-order valence-corrected chi connectivity index (χ1v) is 8.00. The molecule has 0 saturated carbocycles. The van der Waals surface area contributed by atoms with Crippen molar-refractivity contribution in [2.75, 3.05) is 13.6 Å². The van der Waals surface area contributed by atoms with Gasteiger partial charge >= 0.3 is 0 Å². The Kier molecular flexibility index (Phi) is 5.22. The van der Waals surface area contributed by atoms with Crippen LogP contribution in [-0.2, 0) is 9.59 Å². The number of hydrogen-bond donors (Lipinski definition) is 1. The second-order valence-electron chi connectivity index (χ2n) is 6.64. The monoisotopic (exact) mass is 302 g/mol. The lowest BCUT2D eigenvalue weighted by atomic mass is 9.83. The van der Waals surface area contributed by atoms with Crippen LogP contribution in [0.4, 0.5) is 0 Å². The fourth-order valence-electron chi connectivity index (χ4n) is 2.97. The second-order valence-corrected chi connectivity index (χ2v) is 6.64. The minimum atomic E-state index is -0.177. The van der Waals surface area contributed by atoms with Crippen molar-refractivity contribution >= 4 is 11.8 Å².